The van der Waals surface area contributed by atoms with Gasteiger partial charge < -0.3 is 15.0 Å². The summed E-state index contributed by atoms with van der Waals surface area (Å²) in [5, 5.41) is 2.92. The number of hydrogen-bond donors (Lipinski definition) is 1. The maximum atomic E-state index is 12.3. The van der Waals surface area contributed by atoms with Crippen LogP contribution in [-0.2, 0) is 4.79 Å². The van der Waals surface area contributed by atoms with E-state index in [-0.39, 0.29) is 5.91 Å². The van der Waals surface area contributed by atoms with Gasteiger partial charge in [0.05, 0.1) is 6.54 Å². The molecule has 0 radical (unpaired) electrons. The van der Waals surface area contributed by atoms with Gasteiger partial charge in [-0.3, -0.25) is 4.79 Å². The van der Waals surface area contributed by atoms with Crippen LogP contribution in [0.15, 0.2) is 66.7 Å². The minimum Gasteiger partial charge on any atom is -0.489 e. The number of benzene rings is 2. The summed E-state index contributed by atoms with van der Waals surface area (Å²) < 4.78 is 5.60. The van der Waals surface area contributed by atoms with Gasteiger partial charge in [0.15, 0.2) is 0 Å². The van der Waals surface area contributed by atoms with Gasteiger partial charge in [-0.25, -0.2) is 0 Å². The fourth-order valence-corrected chi connectivity index (χ4v) is 2.27. The van der Waals surface area contributed by atoms with Crippen LogP contribution in [0.5, 0.6) is 5.75 Å². The van der Waals surface area contributed by atoms with E-state index in [1.165, 1.54) is 0 Å². The number of rotatable bonds is 8. The van der Waals surface area contributed by atoms with E-state index in [1.807, 2.05) is 73.3 Å². The number of ether oxygens (including phenoxy) is 1. The Balaban J connectivity index is 1.96. The lowest BCUT2D eigenvalue weighted by Gasteiger charge is -2.22. The molecule has 0 heterocycles. The van der Waals surface area contributed by atoms with Crippen LogP contribution < -0.4 is 15.0 Å². The fraction of sp³-hybridized carbons (Fsp3) is 0.250. The molecule has 4 nitrogen and oxygen atoms in total. The molecule has 0 saturated carbocycles. The summed E-state index contributed by atoms with van der Waals surface area (Å²) in [6, 6.07) is 17.3. The van der Waals surface area contributed by atoms with Crippen molar-refractivity contribution in [3.8, 4) is 5.75 Å². The highest BCUT2D eigenvalue weighted by Crippen LogP contribution is 2.18. The molecule has 0 spiro atoms. The van der Waals surface area contributed by atoms with Crippen molar-refractivity contribution in [2.75, 3.05) is 29.9 Å². The minimum atomic E-state index is -0.0576. The molecule has 1 N–H and O–H groups in total. The third kappa shape index (κ3) is 5.47. The minimum absolute atomic E-state index is 0.0576. The molecule has 0 atom stereocenters. The quantitative estimate of drug-likeness (QED) is 0.743. The van der Waals surface area contributed by atoms with Gasteiger partial charge in [-0.2, -0.15) is 0 Å². The second-order valence-electron chi connectivity index (χ2n) is 5.67. The van der Waals surface area contributed by atoms with Crippen molar-refractivity contribution in [3.05, 3.63) is 66.7 Å². The smallest absolute Gasteiger partial charge is 0.243 e. The largest absolute Gasteiger partial charge is 0.489 e. The molecule has 0 bridgehead atoms. The number of anilines is 2. The average molecular weight is 324 g/mol. The van der Waals surface area contributed by atoms with E-state index in [1.54, 1.807) is 0 Å². The third-order valence-electron chi connectivity index (χ3n) is 3.44. The van der Waals surface area contributed by atoms with Gasteiger partial charge in [-0.05, 0) is 43.7 Å². The lowest BCUT2D eigenvalue weighted by atomic mass is 10.2. The van der Waals surface area contributed by atoms with Crippen LogP contribution in [0, 0.1) is 0 Å². The Kier molecular flexibility index (Phi) is 6.43. The highest BCUT2D eigenvalue weighted by atomic mass is 16.5. The molecular formula is C20H24N2O2. The predicted octanol–water partition coefficient (Wildman–Crippen LogP) is 4.11. The van der Waals surface area contributed by atoms with Gasteiger partial charge in [-0.1, -0.05) is 30.8 Å². The molecule has 2 aromatic carbocycles. The first kappa shape index (κ1) is 17.6. The van der Waals surface area contributed by atoms with Crippen molar-refractivity contribution >= 4 is 17.3 Å². The van der Waals surface area contributed by atoms with Crippen molar-refractivity contribution in [2.24, 2.45) is 0 Å². The Labute approximate surface area is 143 Å². The Morgan fingerprint density at radius 2 is 1.92 bits per heavy atom. The summed E-state index contributed by atoms with van der Waals surface area (Å²) in [5.41, 5.74) is 2.71. The van der Waals surface area contributed by atoms with Gasteiger partial charge in [0, 0.05) is 24.0 Å². The number of para-hydroxylation sites is 1. The standard InChI is InChI=1S/C20H24N2O2/c1-4-22(18-10-6-5-7-11-18)14-20(23)21-17-9-8-12-19(13-17)24-15-16(2)3/h5-13H,2,4,14-15H2,1,3H3,(H,21,23). The third-order valence-corrected chi connectivity index (χ3v) is 3.44. The Bertz CT molecular complexity index is 683. The predicted molar refractivity (Wildman–Crippen MR) is 99.7 cm³/mol. The number of carbonyl (C=O) groups is 1. The summed E-state index contributed by atoms with van der Waals surface area (Å²) in [4.78, 5) is 14.3. The zero-order valence-corrected chi connectivity index (χ0v) is 14.3. The van der Waals surface area contributed by atoms with Crippen molar-refractivity contribution in [2.45, 2.75) is 13.8 Å². The zero-order chi connectivity index (χ0) is 17.4. The molecule has 0 aliphatic heterocycles. The van der Waals surface area contributed by atoms with E-state index in [4.69, 9.17) is 4.74 Å². The monoisotopic (exact) mass is 324 g/mol. The number of amides is 1. The maximum Gasteiger partial charge on any atom is 0.243 e. The summed E-state index contributed by atoms with van der Waals surface area (Å²) in [7, 11) is 0. The zero-order valence-electron chi connectivity index (χ0n) is 14.3. The second-order valence-corrected chi connectivity index (χ2v) is 5.67. The van der Waals surface area contributed by atoms with Crippen molar-refractivity contribution in [1.82, 2.24) is 0 Å². The number of nitrogens with one attached hydrogen (secondary N) is 1. The van der Waals surface area contributed by atoms with Crippen LogP contribution in [0.4, 0.5) is 11.4 Å². The fourth-order valence-electron chi connectivity index (χ4n) is 2.27. The van der Waals surface area contributed by atoms with Gasteiger partial charge in [-0.15, -0.1) is 0 Å². The maximum absolute atomic E-state index is 12.3. The molecule has 0 aliphatic rings. The average Bonchev–Trinajstić information content (AvgIpc) is 2.59. The van der Waals surface area contributed by atoms with Gasteiger partial charge in [0.2, 0.25) is 5.91 Å². The van der Waals surface area contributed by atoms with Crippen molar-refractivity contribution in [3.63, 3.8) is 0 Å². The normalized spacial score (nSPS) is 10.1. The summed E-state index contributed by atoms with van der Waals surface area (Å²) in [6.07, 6.45) is 0. The highest BCUT2D eigenvalue weighted by Gasteiger charge is 2.10. The molecule has 0 unspecified atom stereocenters. The van der Waals surface area contributed by atoms with Gasteiger partial charge in [0.25, 0.3) is 0 Å². The van der Waals surface area contributed by atoms with Crippen molar-refractivity contribution in [1.29, 1.82) is 0 Å². The molecule has 0 aromatic heterocycles. The first-order valence-corrected chi connectivity index (χ1v) is 8.05. The molecule has 0 aliphatic carbocycles. The SMILES string of the molecule is C=C(C)COc1cccc(NC(=O)CN(CC)c2ccccc2)c1. The lowest BCUT2D eigenvalue weighted by Crippen LogP contribution is -2.33. The Hall–Kier alpha value is -2.75. The van der Waals surface area contributed by atoms with E-state index in [0.717, 1.165) is 23.5 Å². The van der Waals surface area contributed by atoms with Gasteiger partial charge in [0.1, 0.15) is 12.4 Å². The first-order chi connectivity index (χ1) is 11.6. The van der Waals surface area contributed by atoms with Crippen LogP contribution in [0.3, 0.4) is 0 Å². The number of likely N-dealkylation sites (N-methyl/N-ethyl adjacent to an activating group) is 1. The molecule has 0 saturated heterocycles. The Morgan fingerprint density at radius 1 is 1.17 bits per heavy atom. The number of hydrogen-bond acceptors (Lipinski definition) is 3. The molecule has 4 heteroatoms. The first-order valence-electron chi connectivity index (χ1n) is 8.05. The van der Waals surface area contributed by atoms with Crippen LogP contribution in [0.25, 0.3) is 0 Å². The number of carbonyl (C=O) groups excluding carboxylic acids is 1. The second kappa shape index (κ2) is 8.77. The lowest BCUT2D eigenvalue weighted by molar-refractivity contribution is -0.115. The molecule has 2 rings (SSSR count). The molecule has 1 amide bonds. The van der Waals surface area contributed by atoms with Crippen LogP contribution in [-0.4, -0.2) is 25.6 Å². The molecule has 2 aromatic rings. The van der Waals surface area contributed by atoms with E-state index in [2.05, 4.69) is 11.9 Å². The van der Waals surface area contributed by atoms with Crippen molar-refractivity contribution < 1.29 is 9.53 Å². The molecule has 126 valence electrons. The van der Waals surface area contributed by atoms with Crippen LogP contribution in [0.2, 0.25) is 0 Å². The Morgan fingerprint density at radius 3 is 2.58 bits per heavy atom. The van der Waals surface area contributed by atoms with E-state index in [0.29, 0.717) is 18.9 Å². The van der Waals surface area contributed by atoms with Gasteiger partial charge >= 0.3 is 0 Å². The summed E-state index contributed by atoms with van der Waals surface area (Å²) in [6.45, 7) is 9.29. The highest BCUT2D eigenvalue weighted by molar-refractivity contribution is 5.94. The molecule has 24 heavy (non-hydrogen) atoms. The van der Waals surface area contributed by atoms with E-state index in [9.17, 15) is 4.79 Å². The topological polar surface area (TPSA) is 41.6 Å². The molecule has 0 fully saturated rings. The van der Waals surface area contributed by atoms with E-state index < -0.39 is 0 Å². The van der Waals surface area contributed by atoms with Crippen LogP contribution >= 0.6 is 0 Å². The van der Waals surface area contributed by atoms with Crippen LogP contribution in [0.1, 0.15) is 13.8 Å². The molecular weight excluding hydrogens is 300 g/mol. The summed E-state index contributed by atoms with van der Waals surface area (Å²) >= 11 is 0. The van der Waals surface area contributed by atoms with E-state index >= 15 is 0 Å². The number of nitrogens with zero attached hydrogens (tertiary/aromatic N) is 1. The summed E-state index contributed by atoms with van der Waals surface area (Å²) in [5.74, 6) is 0.656.